The maximum Gasteiger partial charge on any atom is 0.172 e. The Kier molecular flexibility index (Phi) is 2.78. The van der Waals surface area contributed by atoms with E-state index in [1.165, 1.54) is 0 Å². The molecule has 1 N–H and O–H groups in total. The molecular weight excluding hydrogens is 246 g/mol. The monoisotopic (exact) mass is 259 g/mol. The SMILES string of the molecule is C[C@H]1C[C@H](Oc2cnn(C)c2Br)CN1. The zero-order chi connectivity index (χ0) is 10.1. The molecule has 2 atom stereocenters. The van der Waals surface area contributed by atoms with Gasteiger partial charge in [0, 0.05) is 26.1 Å². The van der Waals surface area contributed by atoms with Crippen LogP contribution < -0.4 is 10.1 Å². The van der Waals surface area contributed by atoms with Gasteiger partial charge in [-0.05, 0) is 22.9 Å². The maximum absolute atomic E-state index is 5.80. The fourth-order valence-electron chi connectivity index (χ4n) is 1.64. The minimum atomic E-state index is 0.269. The Balaban J connectivity index is 2.01. The van der Waals surface area contributed by atoms with Gasteiger partial charge in [-0.2, -0.15) is 5.10 Å². The second kappa shape index (κ2) is 3.90. The zero-order valence-electron chi connectivity index (χ0n) is 8.33. The summed E-state index contributed by atoms with van der Waals surface area (Å²) < 4.78 is 8.46. The minimum absolute atomic E-state index is 0.269. The highest BCUT2D eigenvalue weighted by Gasteiger charge is 2.23. The Hall–Kier alpha value is -0.550. The number of aryl methyl sites for hydroxylation is 1. The number of nitrogens with one attached hydrogen (secondary N) is 1. The lowest BCUT2D eigenvalue weighted by Gasteiger charge is -2.10. The highest BCUT2D eigenvalue weighted by molar-refractivity contribution is 9.10. The number of rotatable bonds is 2. The third-order valence-corrected chi connectivity index (χ3v) is 3.34. The molecule has 4 nitrogen and oxygen atoms in total. The van der Waals surface area contributed by atoms with E-state index in [1.54, 1.807) is 10.9 Å². The van der Waals surface area contributed by atoms with Gasteiger partial charge in [0.25, 0.3) is 0 Å². The number of ether oxygens (including phenoxy) is 1. The first-order valence-corrected chi connectivity index (χ1v) is 5.53. The summed E-state index contributed by atoms with van der Waals surface area (Å²) in [7, 11) is 1.88. The van der Waals surface area contributed by atoms with Crippen LogP contribution in [-0.2, 0) is 7.05 Å². The molecule has 5 heteroatoms. The molecule has 78 valence electrons. The summed E-state index contributed by atoms with van der Waals surface area (Å²) in [4.78, 5) is 0. The molecule has 14 heavy (non-hydrogen) atoms. The van der Waals surface area contributed by atoms with E-state index in [0.717, 1.165) is 23.3 Å². The van der Waals surface area contributed by atoms with Crippen molar-refractivity contribution in [3.05, 3.63) is 10.8 Å². The van der Waals surface area contributed by atoms with Gasteiger partial charge >= 0.3 is 0 Å². The Labute approximate surface area is 91.8 Å². The van der Waals surface area contributed by atoms with Crippen LogP contribution in [0.25, 0.3) is 0 Å². The van der Waals surface area contributed by atoms with Crippen molar-refractivity contribution in [2.75, 3.05) is 6.54 Å². The van der Waals surface area contributed by atoms with Crippen molar-refractivity contribution < 1.29 is 4.74 Å². The summed E-state index contributed by atoms with van der Waals surface area (Å²) in [5.74, 6) is 0.827. The molecule has 0 saturated carbocycles. The van der Waals surface area contributed by atoms with Gasteiger partial charge in [0.15, 0.2) is 5.75 Å². The predicted octanol–water partition coefficient (Wildman–Crippen LogP) is 1.31. The normalized spacial score (nSPS) is 26.8. The largest absolute Gasteiger partial charge is 0.485 e. The summed E-state index contributed by atoms with van der Waals surface area (Å²) >= 11 is 3.43. The molecule has 0 aromatic carbocycles. The fourth-order valence-corrected chi connectivity index (χ4v) is 1.93. The lowest BCUT2D eigenvalue weighted by Crippen LogP contribution is -2.20. The molecule has 2 rings (SSSR count). The van der Waals surface area contributed by atoms with E-state index in [4.69, 9.17) is 4.74 Å². The molecular formula is C9H14BrN3O. The van der Waals surface area contributed by atoms with Crippen LogP contribution in [0.15, 0.2) is 10.8 Å². The van der Waals surface area contributed by atoms with Gasteiger partial charge in [0.1, 0.15) is 10.7 Å². The van der Waals surface area contributed by atoms with E-state index < -0.39 is 0 Å². The summed E-state index contributed by atoms with van der Waals surface area (Å²) in [6, 6.07) is 0.551. The molecule has 1 aliphatic heterocycles. The van der Waals surface area contributed by atoms with Crippen molar-refractivity contribution in [2.45, 2.75) is 25.5 Å². The quantitative estimate of drug-likeness (QED) is 0.871. The Morgan fingerprint density at radius 1 is 1.71 bits per heavy atom. The highest BCUT2D eigenvalue weighted by atomic mass is 79.9. The maximum atomic E-state index is 5.80. The zero-order valence-corrected chi connectivity index (χ0v) is 9.91. The van der Waals surface area contributed by atoms with E-state index >= 15 is 0 Å². The average Bonchev–Trinajstić information content (AvgIpc) is 2.67. The van der Waals surface area contributed by atoms with E-state index in [-0.39, 0.29) is 6.10 Å². The van der Waals surface area contributed by atoms with E-state index in [1.807, 2.05) is 7.05 Å². The first kappa shape index (κ1) is 9.98. The summed E-state index contributed by atoms with van der Waals surface area (Å²) in [5, 5.41) is 7.45. The van der Waals surface area contributed by atoms with Crippen molar-refractivity contribution in [3.8, 4) is 5.75 Å². The summed E-state index contributed by atoms with van der Waals surface area (Å²) in [6.45, 7) is 3.09. The van der Waals surface area contributed by atoms with Crippen LogP contribution in [0.2, 0.25) is 0 Å². The molecule has 1 aromatic rings. The molecule has 1 aliphatic rings. The van der Waals surface area contributed by atoms with Gasteiger partial charge in [0.05, 0.1) is 6.20 Å². The lowest BCUT2D eigenvalue weighted by atomic mass is 10.2. The Morgan fingerprint density at radius 3 is 3.00 bits per heavy atom. The number of hydrogen-bond donors (Lipinski definition) is 1. The number of hydrogen-bond acceptors (Lipinski definition) is 3. The van der Waals surface area contributed by atoms with Crippen LogP contribution in [0.5, 0.6) is 5.75 Å². The second-order valence-electron chi connectivity index (χ2n) is 3.71. The van der Waals surface area contributed by atoms with Gasteiger partial charge in [0.2, 0.25) is 0 Å². The van der Waals surface area contributed by atoms with Crippen molar-refractivity contribution in [1.29, 1.82) is 0 Å². The fraction of sp³-hybridized carbons (Fsp3) is 0.667. The first-order chi connectivity index (χ1) is 6.66. The number of halogens is 1. The Morgan fingerprint density at radius 2 is 2.50 bits per heavy atom. The van der Waals surface area contributed by atoms with Gasteiger partial charge in [-0.15, -0.1) is 0 Å². The third kappa shape index (κ3) is 1.93. The van der Waals surface area contributed by atoms with Crippen LogP contribution >= 0.6 is 15.9 Å². The molecule has 0 radical (unpaired) electrons. The van der Waals surface area contributed by atoms with Crippen LogP contribution in [0.4, 0.5) is 0 Å². The van der Waals surface area contributed by atoms with E-state index in [9.17, 15) is 0 Å². The van der Waals surface area contributed by atoms with E-state index in [2.05, 4.69) is 33.3 Å². The first-order valence-electron chi connectivity index (χ1n) is 4.74. The van der Waals surface area contributed by atoms with Crippen LogP contribution in [0.1, 0.15) is 13.3 Å². The smallest absolute Gasteiger partial charge is 0.172 e. The van der Waals surface area contributed by atoms with Crippen molar-refractivity contribution in [2.24, 2.45) is 7.05 Å². The molecule has 0 amide bonds. The number of nitrogens with zero attached hydrogens (tertiary/aromatic N) is 2. The van der Waals surface area contributed by atoms with Crippen LogP contribution in [-0.4, -0.2) is 28.5 Å². The topological polar surface area (TPSA) is 39.1 Å². The minimum Gasteiger partial charge on any atom is -0.485 e. The van der Waals surface area contributed by atoms with Crippen LogP contribution in [0.3, 0.4) is 0 Å². The van der Waals surface area contributed by atoms with Crippen molar-refractivity contribution in [1.82, 2.24) is 15.1 Å². The molecule has 1 aromatic heterocycles. The molecule has 0 aliphatic carbocycles. The van der Waals surface area contributed by atoms with Gasteiger partial charge in [-0.1, -0.05) is 0 Å². The molecule has 1 fully saturated rings. The average molecular weight is 260 g/mol. The number of aromatic nitrogens is 2. The summed E-state index contributed by atoms with van der Waals surface area (Å²) in [6.07, 6.45) is 3.07. The van der Waals surface area contributed by atoms with Gasteiger partial charge in [-0.25, -0.2) is 0 Å². The molecule has 0 bridgehead atoms. The lowest BCUT2D eigenvalue weighted by molar-refractivity contribution is 0.219. The van der Waals surface area contributed by atoms with Gasteiger partial charge < -0.3 is 10.1 Å². The Bertz CT molecular complexity index is 326. The molecule has 0 unspecified atom stereocenters. The van der Waals surface area contributed by atoms with E-state index in [0.29, 0.717) is 6.04 Å². The predicted molar refractivity (Wildman–Crippen MR) is 57.4 cm³/mol. The van der Waals surface area contributed by atoms with Crippen LogP contribution in [0, 0.1) is 0 Å². The standard InChI is InChI=1S/C9H14BrN3O/c1-6-3-7(4-11-6)14-8-5-12-13(2)9(8)10/h5-7,11H,3-4H2,1-2H3/t6-,7-/m0/s1. The molecule has 2 heterocycles. The van der Waals surface area contributed by atoms with Crippen molar-refractivity contribution in [3.63, 3.8) is 0 Å². The third-order valence-electron chi connectivity index (χ3n) is 2.44. The molecule has 0 spiro atoms. The second-order valence-corrected chi connectivity index (χ2v) is 4.46. The van der Waals surface area contributed by atoms with Crippen molar-refractivity contribution >= 4 is 15.9 Å². The molecule has 1 saturated heterocycles. The summed E-state index contributed by atoms with van der Waals surface area (Å²) in [5.41, 5.74) is 0. The highest BCUT2D eigenvalue weighted by Crippen LogP contribution is 2.25. The van der Waals surface area contributed by atoms with Gasteiger partial charge in [-0.3, -0.25) is 4.68 Å².